The van der Waals surface area contributed by atoms with Gasteiger partial charge in [0, 0.05) is 18.3 Å². The molecular formula is C28H22F10I2. The zero-order valence-corrected chi connectivity index (χ0v) is 25.1. The normalized spacial score (nSPS) is 18.6. The highest BCUT2D eigenvalue weighted by Gasteiger charge is 2.38. The van der Waals surface area contributed by atoms with Gasteiger partial charge in [0.15, 0.2) is 46.5 Å². The average Bonchev–Trinajstić information content (AvgIpc) is 2.98. The molecule has 0 aromatic heterocycles. The molecule has 0 bridgehead atoms. The Morgan fingerprint density at radius 1 is 0.375 bits per heavy atom. The molecule has 2 aliphatic carbocycles. The third-order valence-electron chi connectivity index (χ3n) is 7.57. The largest absolute Gasteiger partial charge is 0.203 e. The maximum absolute atomic E-state index is 15.4. The van der Waals surface area contributed by atoms with E-state index in [4.69, 9.17) is 0 Å². The molecule has 2 aliphatic rings. The van der Waals surface area contributed by atoms with Crippen LogP contribution in [0.1, 0.15) is 75.3 Å². The number of benzene rings is 2. The summed E-state index contributed by atoms with van der Waals surface area (Å²) in [5, 5.41) is 0. The summed E-state index contributed by atoms with van der Waals surface area (Å²) in [5.74, 6) is -24.1. The van der Waals surface area contributed by atoms with Gasteiger partial charge in [-0.25, -0.2) is 43.9 Å². The molecule has 2 fully saturated rings. The Hall–Kier alpha value is -1.32. The number of halogens is 12. The van der Waals surface area contributed by atoms with Gasteiger partial charge in [-0.05, 0) is 82.7 Å². The van der Waals surface area contributed by atoms with Crippen molar-refractivity contribution in [3.05, 3.63) is 76.5 Å². The van der Waals surface area contributed by atoms with Gasteiger partial charge in [-0.2, -0.15) is 0 Å². The van der Waals surface area contributed by atoms with Crippen LogP contribution in [-0.4, -0.2) is 0 Å². The smallest absolute Gasteiger partial charge is 0.200 e. The molecule has 2 aromatic carbocycles. The van der Waals surface area contributed by atoms with E-state index >= 15 is 17.6 Å². The van der Waals surface area contributed by atoms with Crippen molar-refractivity contribution < 1.29 is 43.9 Å². The van der Waals surface area contributed by atoms with Gasteiger partial charge in [0.1, 0.15) is 0 Å². The van der Waals surface area contributed by atoms with Crippen molar-refractivity contribution in [1.29, 1.82) is 0 Å². The molecule has 0 radical (unpaired) electrons. The molecule has 0 spiro atoms. The summed E-state index contributed by atoms with van der Waals surface area (Å²) in [6, 6.07) is 0. The minimum atomic E-state index is -2.44. The molecule has 0 amide bonds. The quantitative estimate of drug-likeness (QED) is 0.0929. The first-order valence-corrected chi connectivity index (χ1v) is 14.9. The van der Waals surface area contributed by atoms with Crippen molar-refractivity contribution >= 4 is 56.3 Å². The lowest BCUT2D eigenvalue weighted by Gasteiger charge is -2.29. The fraction of sp³-hybridized carbons (Fsp3) is 0.429. The van der Waals surface area contributed by atoms with E-state index in [1.165, 1.54) is 0 Å². The van der Waals surface area contributed by atoms with Crippen LogP contribution >= 0.6 is 45.2 Å². The molecule has 4 rings (SSSR count). The second-order valence-corrected chi connectivity index (χ2v) is 12.3. The number of hydrogen-bond acceptors (Lipinski definition) is 0. The van der Waals surface area contributed by atoms with Gasteiger partial charge in [0.25, 0.3) is 0 Å². The molecule has 40 heavy (non-hydrogen) atoms. The van der Waals surface area contributed by atoms with Gasteiger partial charge < -0.3 is 0 Å². The van der Waals surface area contributed by atoms with E-state index in [9.17, 15) is 26.3 Å². The minimum Gasteiger partial charge on any atom is -0.203 e. The highest BCUT2D eigenvalue weighted by Crippen LogP contribution is 2.51. The van der Waals surface area contributed by atoms with Gasteiger partial charge in [0.2, 0.25) is 11.6 Å². The van der Waals surface area contributed by atoms with Crippen molar-refractivity contribution in [2.24, 2.45) is 11.8 Å². The zero-order chi connectivity index (χ0) is 29.5. The average molecular weight is 802 g/mol. The van der Waals surface area contributed by atoms with E-state index in [2.05, 4.69) is 0 Å². The third-order valence-corrected chi connectivity index (χ3v) is 10.4. The minimum absolute atomic E-state index is 0.0180. The van der Waals surface area contributed by atoms with Crippen LogP contribution in [0.2, 0.25) is 0 Å². The van der Waals surface area contributed by atoms with E-state index in [0.717, 1.165) is 12.8 Å². The first kappa shape index (κ1) is 31.6. The van der Waals surface area contributed by atoms with Crippen LogP contribution in [0.15, 0.2) is 7.16 Å². The van der Waals surface area contributed by atoms with E-state index in [-0.39, 0.29) is 7.16 Å². The van der Waals surface area contributed by atoms with E-state index in [0.29, 0.717) is 51.4 Å². The maximum atomic E-state index is 15.4. The topological polar surface area (TPSA) is 0 Å². The molecule has 0 nitrogen and oxygen atoms in total. The number of allylic oxidation sites excluding steroid dienone is 4. The summed E-state index contributed by atoms with van der Waals surface area (Å²) >= 11 is 3.30. The highest BCUT2D eigenvalue weighted by molar-refractivity contribution is 14.1. The van der Waals surface area contributed by atoms with Crippen molar-refractivity contribution in [2.75, 3.05) is 0 Å². The van der Waals surface area contributed by atoms with Crippen LogP contribution in [0.25, 0.3) is 11.1 Å². The fourth-order valence-corrected chi connectivity index (χ4v) is 7.82. The van der Waals surface area contributed by atoms with Gasteiger partial charge >= 0.3 is 0 Å². The first-order chi connectivity index (χ1) is 18.9. The standard InChI is InChI=1S/C28H22F10I2/c29-17-15(18(30)22(34)25(37)21(17)33)13(27(39)11-7-3-1-4-8-11)14(28(40)12-9-5-2-6-10-12)16-19(31)23(35)26(38)24(36)20(16)32/h11-12H,1-10H2/b27-13+,28-14+. The lowest BCUT2D eigenvalue weighted by molar-refractivity contribution is 0.374. The third kappa shape index (κ3) is 5.68. The predicted octanol–water partition coefficient (Wildman–Crippen LogP) is 11.2. The van der Waals surface area contributed by atoms with Crippen molar-refractivity contribution in [1.82, 2.24) is 0 Å². The van der Waals surface area contributed by atoms with Crippen LogP contribution in [0.5, 0.6) is 0 Å². The molecule has 2 saturated carbocycles. The monoisotopic (exact) mass is 802 g/mol. The van der Waals surface area contributed by atoms with Crippen LogP contribution < -0.4 is 0 Å². The Labute approximate surface area is 251 Å². The molecule has 0 atom stereocenters. The molecule has 12 heteroatoms. The Morgan fingerprint density at radius 2 is 0.600 bits per heavy atom. The summed E-state index contributed by atoms with van der Waals surface area (Å²) in [6.45, 7) is 0. The summed E-state index contributed by atoms with van der Waals surface area (Å²) in [6.07, 6.45) is 5.99. The van der Waals surface area contributed by atoms with Gasteiger partial charge in [-0.15, -0.1) is 0 Å². The molecule has 218 valence electrons. The maximum Gasteiger partial charge on any atom is 0.200 e. The summed E-state index contributed by atoms with van der Waals surface area (Å²) in [4.78, 5) is 0. The van der Waals surface area contributed by atoms with Gasteiger partial charge in [0.05, 0.1) is 11.1 Å². The second kappa shape index (κ2) is 12.9. The fourth-order valence-electron chi connectivity index (χ4n) is 5.50. The lowest BCUT2D eigenvalue weighted by Crippen LogP contribution is -2.17. The summed E-state index contributed by atoms with van der Waals surface area (Å²) < 4.78 is 148. The molecule has 2 aromatic rings. The molecule has 0 saturated heterocycles. The number of hydrogen-bond donors (Lipinski definition) is 0. The predicted molar refractivity (Wildman–Crippen MR) is 147 cm³/mol. The van der Waals surface area contributed by atoms with Crippen molar-refractivity contribution in [3.8, 4) is 0 Å². The molecule has 0 aliphatic heterocycles. The SMILES string of the molecule is Fc1c(F)c(F)c(C(/C(=C(\I)C2CCCCC2)c2c(F)c(F)c(F)c(F)c2F)=C(/I)C2CCCCC2)c(F)c1F. The lowest BCUT2D eigenvalue weighted by atomic mass is 9.80. The van der Waals surface area contributed by atoms with E-state index in [1.807, 2.05) is 0 Å². The first-order valence-electron chi connectivity index (χ1n) is 12.7. The van der Waals surface area contributed by atoms with E-state index in [1.54, 1.807) is 45.2 Å². The molecular weight excluding hydrogens is 780 g/mol. The van der Waals surface area contributed by atoms with Gasteiger partial charge in [-0.3, -0.25) is 0 Å². The number of rotatable bonds is 5. The summed E-state index contributed by atoms with van der Waals surface area (Å²) in [5.41, 5.74) is -4.43. The Balaban J connectivity index is 2.21. The van der Waals surface area contributed by atoms with Crippen LogP contribution in [0, 0.1) is 70.0 Å². The van der Waals surface area contributed by atoms with Crippen LogP contribution in [0.4, 0.5) is 43.9 Å². The molecule has 0 N–H and O–H groups in total. The Morgan fingerprint density at radius 3 is 0.850 bits per heavy atom. The van der Waals surface area contributed by atoms with E-state index < -0.39 is 92.3 Å². The zero-order valence-electron chi connectivity index (χ0n) is 20.8. The highest BCUT2D eigenvalue weighted by atomic mass is 127. The van der Waals surface area contributed by atoms with Crippen molar-refractivity contribution in [3.63, 3.8) is 0 Å². The molecule has 0 heterocycles. The molecule has 0 unspecified atom stereocenters. The van der Waals surface area contributed by atoms with Crippen LogP contribution in [0.3, 0.4) is 0 Å². The van der Waals surface area contributed by atoms with Gasteiger partial charge in [-0.1, -0.05) is 38.5 Å². The van der Waals surface area contributed by atoms with Crippen LogP contribution in [-0.2, 0) is 0 Å². The Kier molecular flexibility index (Phi) is 10.2. The second-order valence-electron chi connectivity index (χ2n) is 10.0. The van der Waals surface area contributed by atoms with Crippen molar-refractivity contribution in [2.45, 2.75) is 64.2 Å². The summed E-state index contributed by atoms with van der Waals surface area (Å²) in [7, 11) is 0. The Bertz CT molecular complexity index is 1220.